The summed E-state index contributed by atoms with van der Waals surface area (Å²) >= 11 is 1.62. The quantitative estimate of drug-likeness (QED) is 0.826. The van der Waals surface area contributed by atoms with Crippen molar-refractivity contribution in [2.24, 2.45) is 5.41 Å². The summed E-state index contributed by atoms with van der Waals surface area (Å²) in [6.45, 7) is 6.40. The molecular formula is C14H22N4S. The molecule has 1 aromatic heterocycles. The van der Waals surface area contributed by atoms with Gasteiger partial charge < -0.3 is 16.0 Å². The van der Waals surface area contributed by atoms with Gasteiger partial charge in [-0.1, -0.05) is 13.8 Å². The zero-order valence-electron chi connectivity index (χ0n) is 12.0. The summed E-state index contributed by atoms with van der Waals surface area (Å²) in [6, 6.07) is 4.12. The van der Waals surface area contributed by atoms with Gasteiger partial charge in [-0.3, -0.25) is 0 Å². The van der Waals surface area contributed by atoms with Crippen molar-refractivity contribution in [3.63, 3.8) is 0 Å². The minimum atomic E-state index is 0.187. The van der Waals surface area contributed by atoms with E-state index >= 15 is 0 Å². The molecule has 3 N–H and O–H groups in total. The van der Waals surface area contributed by atoms with Gasteiger partial charge in [0.15, 0.2) is 0 Å². The lowest BCUT2D eigenvalue weighted by molar-refractivity contribution is 0.254. The standard InChI is InChI=1S/C14H22N4S/c1-14(2,8-18(3)4)7-16-10-5-6-11-13(12(10)15)17-9-19-11/h5-6,9,16H,7-8,15H2,1-4H3. The summed E-state index contributed by atoms with van der Waals surface area (Å²) in [6.07, 6.45) is 0. The highest BCUT2D eigenvalue weighted by atomic mass is 32.1. The first-order valence-corrected chi connectivity index (χ1v) is 7.27. The van der Waals surface area contributed by atoms with E-state index in [0.29, 0.717) is 0 Å². The molecule has 0 unspecified atom stereocenters. The van der Waals surface area contributed by atoms with Gasteiger partial charge in [0.1, 0.15) is 5.52 Å². The highest BCUT2D eigenvalue weighted by molar-refractivity contribution is 7.16. The molecule has 0 amide bonds. The fourth-order valence-corrected chi connectivity index (χ4v) is 3.05. The van der Waals surface area contributed by atoms with Gasteiger partial charge in [-0.2, -0.15) is 0 Å². The topological polar surface area (TPSA) is 54.2 Å². The fourth-order valence-electron chi connectivity index (χ4n) is 2.35. The number of hydrogen-bond donors (Lipinski definition) is 2. The lowest BCUT2D eigenvalue weighted by Gasteiger charge is -2.29. The molecule has 19 heavy (non-hydrogen) atoms. The van der Waals surface area contributed by atoms with Crippen molar-refractivity contribution >= 4 is 32.9 Å². The van der Waals surface area contributed by atoms with Gasteiger partial charge in [0.05, 0.1) is 21.6 Å². The Labute approximate surface area is 118 Å². The lowest BCUT2D eigenvalue weighted by atomic mass is 9.93. The highest BCUT2D eigenvalue weighted by Crippen LogP contribution is 2.30. The minimum absolute atomic E-state index is 0.187. The molecule has 0 aliphatic rings. The summed E-state index contributed by atoms with van der Waals surface area (Å²) < 4.78 is 1.13. The van der Waals surface area contributed by atoms with Crippen LogP contribution < -0.4 is 11.1 Å². The second kappa shape index (κ2) is 5.35. The first-order valence-electron chi connectivity index (χ1n) is 6.39. The van der Waals surface area contributed by atoms with Crippen molar-refractivity contribution < 1.29 is 0 Å². The largest absolute Gasteiger partial charge is 0.395 e. The first kappa shape index (κ1) is 14.1. The van der Waals surface area contributed by atoms with Crippen molar-refractivity contribution in [3.05, 3.63) is 17.6 Å². The summed E-state index contributed by atoms with van der Waals surface area (Å²) in [4.78, 5) is 6.52. The van der Waals surface area contributed by atoms with Crippen LogP contribution in [-0.4, -0.2) is 37.1 Å². The first-order chi connectivity index (χ1) is 8.89. The molecule has 104 valence electrons. The number of thiazole rings is 1. The number of nitrogens with two attached hydrogens (primary N) is 1. The van der Waals surface area contributed by atoms with Gasteiger partial charge in [-0.05, 0) is 31.6 Å². The van der Waals surface area contributed by atoms with Gasteiger partial charge >= 0.3 is 0 Å². The van der Waals surface area contributed by atoms with Crippen LogP contribution in [0.25, 0.3) is 10.2 Å². The van der Waals surface area contributed by atoms with Crippen LogP contribution in [0.3, 0.4) is 0 Å². The molecule has 1 aromatic carbocycles. The van der Waals surface area contributed by atoms with Crippen LogP contribution in [0.4, 0.5) is 11.4 Å². The molecule has 2 aromatic rings. The van der Waals surface area contributed by atoms with E-state index in [1.807, 2.05) is 11.6 Å². The third-order valence-corrected chi connectivity index (χ3v) is 3.84. The monoisotopic (exact) mass is 278 g/mol. The van der Waals surface area contributed by atoms with Crippen LogP contribution in [0, 0.1) is 5.41 Å². The Morgan fingerprint density at radius 1 is 1.37 bits per heavy atom. The van der Waals surface area contributed by atoms with Crippen molar-refractivity contribution in [3.8, 4) is 0 Å². The van der Waals surface area contributed by atoms with Crippen molar-refractivity contribution in [1.82, 2.24) is 9.88 Å². The number of nitrogens with one attached hydrogen (secondary N) is 1. The third kappa shape index (κ3) is 3.36. The van der Waals surface area contributed by atoms with Crippen LogP contribution in [-0.2, 0) is 0 Å². The molecule has 5 heteroatoms. The molecule has 0 saturated heterocycles. The molecular weight excluding hydrogens is 256 g/mol. The second-order valence-corrected chi connectivity index (χ2v) is 6.87. The van der Waals surface area contributed by atoms with Gasteiger partial charge in [-0.15, -0.1) is 11.3 Å². The Bertz CT molecular complexity index is 560. The average molecular weight is 278 g/mol. The van der Waals surface area contributed by atoms with Crippen LogP contribution in [0.5, 0.6) is 0 Å². The van der Waals surface area contributed by atoms with E-state index in [4.69, 9.17) is 5.73 Å². The smallest absolute Gasteiger partial charge is 0.106 e. The molecule has 0 bridgehead atoms. The highest BCUT2D eigenvalue weighted by Gasteiger charge is 2.19. The zero-order chi connectivity index (χ0) is 14.0. The van der Waals surface area contributed by atoms with E-state index in [1.54, 1.807) is 11.3 Å². The number of fused-ring (bicyclic) bond motifs is 1. The molecule has 0 radical (unpaired) electrons. The second-order valence-electron chi connectivity index (χ2n) is 5.98. The molecule has 2 rings (SSSR count). The molecule has 0 saturated carbocycles. The number of nitrogens with zero attached hydrogens (tertiary/aromatic N) is 2. The maximum Gasteiger partial charge on any atom is 0.106 e. The van der Waals surface area contributed by atoms with E-state index in [1.165, 1.54) is 0 Å². The van der Waals surface area contributed by atoms with Crippen LogP contribution >= 0.6 is 11.3 Å². The molecule has 4 nitrogen and oxygen atoms in total. The molecule has 0 aliphatic carbocycles. The fraction of sp³-hybridized carbons (Fsp3) is 0.500. The predicted molar refractivity (Wildman–Crippen MR) is 84.9 cm³/mol. The Hall–Kier alpha value is -1.33. The van der Waals surface area contributed by atoms with Crippen molar-refractivity contribution in [1.29, 1.82) is 0 Å². The summed E-state index contributed by atoms with van der Waals surface area (Å²) in [5.41, 5.74) is 10.8. The average Bonchev–Trinajstić information content (AvgIpc) is 2.75. The van der Waals surface area contributed by atoms with Gasteiger partial charge in [0, 0.05) is 13.1 Å². The van der Waals surface area contributed by atoms with Crippen molar-refractivity contribution in [2.45, 2.75) is 13.8 Å². The Morgan fingerprint density at radius 2 is 2.11 bits per heavy atom. The van der Waals surface area contributed by atoms with E-state index in [0.717, 1.165) is 34.7 Å². The van der Waals surface area contributed by atoms with E-state index in [2.05, 4.69) is 49.2 Å². The van der Waals surface area contributed by atoms with Crippen LogP contribution in [0.15, 0.2) is 17.6 Å². The van der Waals surface area contributed by atoms with Crippen LogP contribution in [0.2, 0.25) is 0 Å². The number of benzene rings is 1. The number of rotatable bonds is 5. The Kier molecular flexibility index (Phi) is 3.96. The zero-order valence-corrected chi connectivity index (χ0v) is 12.8. The number of anilines is 2. The van der Waals surface area contributed by atoms with Gasteiger partial charge in [-0.25, -0.2) is 4.98 Å². The predicted octanol–water partition coefficient (Wildman–Crippen LogP) is 2.88. The Morgan fingerprint density at radius 3 is 2.79 bits per heavy atom. The lowest BCUT2D eigenvalue weighted by Crippen LogP contribution is -2.34. The molecule has 0 atom stereocenters. The molecule has 0 spiro atoms. The number of aromatic nitrogens is 1. The van der Waals surface area contributed by atoms with Gasteiger partial charge in [0.25, 0.3) is 0 Å². The van der Waals surface area contributed by atoms with E-state index < -0.39 is 0 Å². The van der Waals surface area contributed by atoms with E-state index in [9.17, 15) is 0 Å². The van der Waals surface area contributed by atoms with Crippen LogP contribution in [0.1, 0.15) is 13.8 Å². The molecule has 1 heterocycles. The van der Waals surface area contributed by atoms with Gasteiger partial charge in [0.2, 0.25) is 0 Å². The third-order valence-electron chi connectivity index (χ3n) is 3.04. The van der Waals surface area contributed by atoms with E-state index in [-0.39, 0.29) is 5.41 Å². The normalized spacial score (nSPS) is 12.3. The maximum absolute atomic E-state index is 6.17. The maximum atomic E-state index is 6.17. The summed E-state index contributed by atoms with van der Waals surface area (Å²) in [5, 5.41) is 3.45. The molecule has 0 aliphatic heterocycles. The Balaban J connectivity index is 2.11. The number of hydrogen-bond acceptors (Lipinski definition) is 5. The minimum Gasteiger partial charge on any atom is -0.395 e. The SMILES string of the molecule is CN(C)CC(C)(C)CNc1ccc2scnc2c1N. The summed E-state index contributed by atoms with van der Waals surface area (Å²) in [5.74, 6) is 0. The number of nitrogen functional groups attached to an aromatic ring is 1. The summed E-state index contributed by atoms with van der Waals surface area (Å²) in [7, 11) is 4.19. The van der Waals surface area contributed by atoms with Crippen molar-refractivity contribution in [2.75, 3.05) is 38.2 Å². The molecule has 0 fully saturated rings.